The van der Waals surface area contributed by atoms with Crippen molar-refractivity contribution in [2.75, 3.05) is 24.3 Å². The molecule has 0 saturated heterocycles. The fourth-order valence-electron chi connectivity index (χ4n) is 1.98. The number of nitrogens with one attached hydrogen (secondary N) is 2. The molecule has 0 fully saturated rings. The van der Waals surface area contributed by atoms with Crippen LogP contribution in [-0.4, -0.2) is 19.6 Å². The zero-order valence-electron chi connectivity index (χ0n) is 12.3. The van der Waals surface area contributed by atoms with Gasteiger partial charge in [-0.3, -0.25) is 4.79 Å². The summed E-state index contributed by atoms with van der Waals surface area (Å²) in [4.78, 5) is 12.3. The van der Waals surface area contributed by atoms with Crippen LogP contribution >= 0.6 is 0 Å². The number of amides is 1. The predicted molar refractivity (Wildman–Crippen MR) is 86.2 cm³/mol. The van der Waals surface area contributed by atoms with Crippen LogP contribution in [0.15, 0.2) is 48.5 Å². The van der Waals surface area contributed by atoms with E-state index in [4.69, 9.17) is 4.74 Å². The molecule has 0 aliphatic heterocycles. The molecule has 0 atom stereocenters. The summed E-state index contributed by atoms with van der Waals surface area (Å²) in [5.74, 6) is 0.615. The Hall–Kier alpha value is -2.49. The van der Waals surface area contributed by atoms with Gasteiger partial charge >= 0.3 is 0 Å². The van der Waals surface area contributed by atoms with E-state index in [1.54, 1.807) is 13.1 Å². The highest BCUT2D eigenvalue weighted by Crippen LogP contribution is 2.20. The van der Waals surface area contributed by atoms with Crippen LogP contribution in [0.1, 0.15) is 23.7 Å². The van der Waals surface area contributed by atoms with Crippen LogP contribution in [0.3, 0.4) is 0 Å². The van der Waals surface area contributed by atoms with Gasteiger partial charge in [0.2, 0.25) is 0 Å². The lowest BCUT2D eigenvalue weighted by atomic mass is 10.1. The molecule has 1 amide bonds. The average molecular weight is 284 g/mol. The van der Waals surface area contributed by atoms with Gasteiger partial charge in [-0.05, 0) is 30.7 Å². The number of rotatable bonds is 6. The van der Waals surface area contributed by atoms with Crippen molar-refractivity contribution >= 4 is 17.3 Å². The van der Waals surface area contributed by atoms with Crippen LogP contribution in [0.25, 0.3) is 0 Å². The zero-order valence-corrected chi connectivity index (χ0v) is 12.3. The third-order valence-electron chi connectivity index (χ3n) is 3.01. The van der Waals surface area contributed by atoms with Crippen molar-refractivity contribution in [2.45, 2.75) is 13.3 Å². The molecule has 0 radical (unpaired) electrons. The Morgan fingerprint density at radius 2 is 1.95 bits per heavy atom. The highest BCUT2D eigenvalue weighted by Gasteiger charge is 2.10. The first kappa shape index (κ1) is 14.9. The molecule has 0 spiro atoms. The maximum atomic E-state index is 12.3. The zero-order chi connectivity index (χ0) is 15.1. The topological polar surface area (TPSA) is 50.4 Å². The summed E-state index contributed by atoms with van der Waals surface area (Å²) in [6, 6.07) is 14.8. The smallest absolute Gasteiger partial charge is 0.257 e. The minimum Gasteiger partial charge on any atom is -0.494 e. The normalized spacial score (nSPS) is 10.0. The van der Waals surface area contributed by atoms with E-state index in [9.17, 15) is 4.79 Å². The number of hydrogen-bond acceptors (Lipinski definition) is 3. The van der Waals surface area contributed by atoms with Crippen molar-refractivity contribution in [3.05, 3.63) is 54.1 Å². The monoisotopic (exact) mass is 284 g/mol. The Labute approximate surface area is 125 Å². The number of benzene rings is 2. The second-order valence-corrected chi connectivity index (χ2v) is 4.63. The number of anilines is 2. The van der Waals surface area contributed by atoms with Crippen LogP contribution in [0.4, 0.5) is 11.4 Å². The van der Waals surface area contributed by atoms with Gasteiger partial charge in [0, 0.05) is 24.5 Å². The van der Waals surface area contributed by atoms with Gasteiger partial charge in [-0.1, -0.05) is 25.1 Å². The third-order valence-corrected chi connectivity index (χ3v) is 3.01. The van der Waals surface area contributed by atoms with Crippen molar-refractivity contribution in [2.24, 2.45) is 0 Å². The van der Waals surface area contributed by atoms with Crippen molar-refractivity contribution in [1.82, 2.24) is 0 Å². The second kappa shape index (κ2) is 7.33. The van der Waals surface area contributed by atoms with Gasteiger partial charge in [-0.2, -0.15) is 0 Å². The molecule has 0 aliphatic rings. The van der Waals surface area contributed by atoms with Gasteiger partial charge in [0.15, 0.2) is 0 Å². The molecule has 0 unspecified atom stereocenters. The van der Waals surface area contributed by atoms with E-state index in [1.165, 1.54) is 0 Å². The Balaban J connectivity index is 2.12. The molecule has 2 N–H and O–H groups in total. The van der Waals surface area contributed by atoms with E-state index >= 15 is 0 Å². The summed E-state index contributed by atoms with van der Waals surface area (Å²) in [7, 11) is 1.80. The lowest BCUT2D eigenvalue weighted by molar-refractivity contribution is 0.102. The molecular formula is C17H20N2O2. The molecular weight excluding hydrogens is 264 g/mol. The van der Waals surface area contributed by atoms with Crippen molar-refractivity contribution < 1.29 is 9.53 Å². The van der Waals surface area contributed by atoms with E-state index in [-0.39, 0.29) is 5.91 Å². The third kappa shape index (κ3) is 3.99. The van der Waals surface area contributed by atoms with E-state index in [0.29, 0.717) is 12.2 Å². The van der Waals surface area contributed by atoms with Gasteiger partial charge in [-0.25, -0.2) is 0 Å². The highest BCUT2D eigenvalue weighted by molar-refractivity contribution is 6.08. The first-order valence-corrected chi connectivity index (χ1v) is 7.05. The fourth-order valence-corrected chi connectivity index (χ4v) is 1.98. The van der Waals surface area contributed by atoms with E-state index < -0.39 is 0 Å². The molecule has 0 aliphatic carbocycles. The second-order valence-electron chi connectivity index (χ2n) is 4.63. The van der Waals surface area contributed by atoms with Crippen LogP contribution in [0.5, 0.6) is 5.75 Å². The van der Waals surface area contributed by atoms with Gasteiger partial charge in [0.1, 0.15) is 5.75 Å². The van der Waals surface area contributed by atoms with Gasteiger partial charge in [-0.15, -0.1) is 0 Å². The molecule has 2 aromatic rings. The Bertz CT molecular complexity index is 611. The maximum Gasteiger partial charge on any atom is 0.257 e. The highest BCUT2D eigenvalue weighted by atomic mass is 16.5. The predicted octanol–water partition coefficient (Wildman–Crippen LogP) is 3.77. The quantitative estimate of drug-likeness (QED) is 0.849. The van der Waals surface area contributed by atoms with E-state index in [2.05, 4.69) is 17.6 Å². The molecule has 0 bridgehead atoms. The summed E-state index contributed by atoms with van der Waals surface area (Å²) >= 11 is 0. The van der Waals surface area contributed by atoms with Crippen molar-refractivity contribution in [3.8, 4) is 5.75 Å². The average Bonchev–Trinajstić information content (AvgIpc) is 2.53. The number of carbonyl (C=O) groups excluding carboxylic acids is 1. The number of hydrogen-bond donors (Lipinski definition) is 2. The summed E-state index contributed by atoms with van der Waals surface area (Å²) in [6.45, 7) is 2.72. The Morgan fingerprint density at radius 1 is 1.14 bits per heavy atom. The minimum absolute atomic E-state index is 0.146. The molecule has 0 saturated carbocycles. The Kier molecular flexibility index (Phi) is 5.21. The molecule has 110 valence electrons. The van der Waals surface area contributed by atoms with Gasteiger partial charge in [0.25, 0.3) is 5.91 Å². The number of carbonyl (C=O) groups is 1. The van der Waals surface area contributed by atoms with E-state index in [1.807, 2.05) is 42.5 Å². The first-order valence-electron chi connectivity index (χ1n) is 7.05. The van der Waals surface area contributed by atoms with Crippen LogP contribution in [-0.2, 0) is 0 Å². The lowest BCUT2D eigenvalue weighted by Gasteiger charge is -2.11. The summed E-state index contributed by atoms with van der Waals surface area (Å²) in [6.07, 6.45) is 0.951. The fraction of sp³-hybridized carbons (Fsp3) is 0.235. The standard InChI is InChI=1S/C17H20N2O2/c1-3-11-21-14-8-6-7-13(12-14)19-17(20)15-9-4-5-10-16(15)18-2/h4-10,12,18H,3,11H2,1-2H3,(H,19,20). The lowest BCUT2D eigenvalue weighted by Crippen LogP contribution is -2.13. The number of ether oxygens (including phenoxy) is 1. The van der Waals surface area contributed by atoms with Crippen LogP contribution in [0.2, 0.25) is 0 Å². The minimum atomic E-state index is -0.146. The molecule has 2 rings (SSSR count). The SMILES string of the molecule is CCCOc1cccc(NC(=O)c2ccccc2NC)c1. The first-order chi connectivity index (χ1) is 10.2. The van der Waals surface area contributed by atoms with Crippen LogP contribution < -0.4 is 15.4 Å². The summed E-state index contributed by atoms with van der Waals surface area (Å²) < 4.78 is 5.56. The van der Waals surface area contributed by atoms with Crippen molar-refractivity contribution in [3.63, 3.8) is 0 Å². The largest absolute Gasteiger partial charge is 0.494 e. The van der Waals surface area contributed by atoms with Gasteiger partial charge < -0.3 is 15.4 Å². The molecule has 4 heteroatoms. The molecule has 21 heavy (non-hydrogen) atoms. The van der Waals surface area contributed by atoms with Crippen molar-refractivity contribution in [1.29, 1.82) is 0 Å². The molecule has 2 aromatic carbocycles. The van der Waals surface area contributed by atoms with E-state index in [0.717, 1.165) is 23.5 Å². The number of para-hydroxylation sites is 1. The van der Waals surface area contributed by atoms with Crippen LogP contribution in [0, 0.1) is 0 Å². The Morgan fingerprint density at radius 3 is 2.71 bits per heavy atom. The molecule has 0 heterocycles. The van der Waals surface area contributed by atoms with Gasteiger partial charge in [0.05, 0.1) is 12.2 Å². The molecule has 0 aromatic heterocycles. The maximum absolute atomic E-state index is 12.3. The summed E-state index contributed by atoms with van der Waals surface area (Å²) in [5, 5.41) is 5.91. The molecule has 4 nitrogen and oxygen atoms in total. The summed E-state index contributed by atoms with van der Waals surface area (Å²) in [5.41, 5.74) is 2.13.